The van der Waals surface area contributed by atoms with Crippen LogP contribution in [0.5, 0.6) is 0 Å². The van der Waals surface area contributed by atoms with E-state index in [2.05, 4.69) is 39.1 Å². The number of unbranched alkanes of at least 4 members (excludes halogenated alkanes) is 1. The Kier molecular flexibility index (Phi) is 3.44. The zero-order chi connectivity index (χ0) is 10.7. The van der Waals surface area contributed by atoms with E-state index < -0.39 is 0 Å². The third-order valence-electron chi connectivity index (χ3n) is 2.62. The summed E-state index contributed by atoms with van der Waals surface area (Å²) in [6.07, 6.45) is 5.37. The molecule has 0 radical (unpaired) electrons. The minimum absolute atomic E-state index is 0.788. The number of nitrogens with one attached hydrogen (secondary N) is 1. The molecule has 0 amide bonds. The lowest BCUT2D eigenvalue weighted by Crippen LogP contribution is -1.98. The number of nitrogens with two attached hydrogens (primary N) is 1. The summed E-state index contributed by atoms with van der Waals surface area (Å²) in [7, 11) is 0. The molecule has 0 aliphatic heterocycles. The molecule has 15 heavy (non-hydrogen) atoms. The van der Waals surface area contributed by atoms with Crippen molar-refractivity contribution >= 4 is 26.8 Å². The van der Waals surface area contributed by atoms with E-state index in [-0.39, 0.29) is 0 Å². The monoisotopic (exact) mass is 266 g/mol. The Labute approximate surface area is 98.0 Å². The van der Waals surface area contributed by atoms with E-state index in [0.717, 1.165) is 23.9 Å². The van der Waals surface area contributed by atoms with Crippen molar-refractivity contribution < 1.29 is 0 Å². The highest BCUT2D eigenvalue weighted by Gasteiger charge is 2.01. The van der Waals surface area contributed by atoms with Gasteiger partial charge in [-0.1, -0.05) is 12.1 Å². The third-order valence-corrected chi connectivity index (χ3v) is 3.27. The molecule has 3 heteroatoms. The highest BCUT2D eigenvalue weighted by Crippen LogP contribution is 2.24. The number of hydrogen-bond acceptors (Lipinski definition) is 1. The zero-order valence-corrected chi connectivity index (χ0v) is 10.2. The molecule has 2 rings (SSSR count). The summed E-state index contributed by atoms with van der Waals surface area (Å²) in [5.41, 5.74) is 8.06. The molecule has 0 atom stereocenters. The molecule has 2 aromatic rings. The number of halogens is 1. The van der Waals surface area contributed by atoms with Crippen LogP contribution < -0.4 is 5.73 Å². The largest absolute Gasteiger partial charge is 0.360 e. The summed E-state index contributed by atoms with van der Waals surface area (Å²) in [6, 6.07) is 6.57. The fourth-order valence-corrected chi connectivity index (χ4v) is 2.23. The Bertz CT molecular complexity index is 448. The number of aromatic nitrogens is 1. The van der Waals surface area contributed by atoms with E-state index in [1.165, 1.54) is 22.9 Å². The van der Waals surface area contributed by atoms with Crippen molar-refractivity contribution in [2.45, 2.75) is 19.3 Å². The lowest BCUT2D eigenvalue weighted by Gasteiger charge is -2.00. The Morgan fingerprint density at radius 3 is 2.93 bits per heavy atom. The molecule has 2 nitrogen and oxygen atoms in total. The molecule has 0 unspecified atom stereocenters. The number of H-pyrrole nitrogens is 1. The Balaban J connectivity index is 2.16. The van der Waals surface area contributed by atoms with Crippen LogP contribution in [0, 0.1) is 0 Å². The number of hydrogen-bond donors (Lipinski definition) is 2. The molecule has 0 aliphatic carbocycles. The first kappa shape index (κ1) is 10.7. The van der Waals surface area contributed by atoms with E-state index in [0.29, 0.717) is 0 Å². The molecule has 80 valence electrons. The summed E-state index contributed by atoms with van der Waals surface area (Å²) < 4.78 is 1.13. The molecular formula is C12H15BrN2. The second kappa shape index (κ2) is 4.81. The summed E-state index contributed by atoms with van der Waals surface area (Å²) in [6.45, 7) is 0.788. The van der Waals surface area contributed by atoms with E-state index >= 15 is 0 Å². The topological polar surface area (TPSA) is 41.8 Å². The predicted octanol–water partition coefficient (Wildman–Crippen LogP) is 3.21. The van der Waals surface area contributed by atoms with Crippen LogP contribution >= 0.6 is 15.9 Å². The first-order chi connectivity index (χ1) is 7.31. The minimum atomic E-state index is 0.788. The maximum Gasteiger partial charge on any atom is 0.0468 e. The van der Waals surface area contributed by atoms with Crippen molar-refractivity contribution in [3.63, 3.8) is 0 Å². The maximum absolute atomic E-state index is 5.47. The van der Waals surface area contributed by atoms with Gasteiger partial charge >= 0.3 is 0 Å². The number of aromatic amines is 1. The van der Waals surface area contributed by atoms with Gasteiger partial charge in [-0.05, 0) is 53.4 Å². The van der Waals surface area contributed by atoms with E-state index in [1.54, 1.807) is 0 Å². The maximum atomic E-state index is 5.47. The fourth-order valence-electron chi connectivity index (χ4n) is 1.77. The highest BCUT2D eigenvalue weighted by molar-refractivity contribution is 9.10. The van der Waals surface area contributed by atoms with Gasteiger partial charge in [-0.3, -0.25) is 0 Å². The minimum Gasteiger partial charge on any atom is -0.360 e. The van der Waals surface area contributed by atoms with Gasteiger partial charge in [-0.25, -0.2) is 0 Å². The second-order valence-corrected chi connectivity index (χ2v) is 4.62. The van der Waals surface area contributed by atoms with E-state index in [1.807, 2.05) is 6.20 Å². The lowest BCUT2D eigenvalue weighted by atomic mass is 10.1. The van der Waals surface area contributed by atoms with Crippen molar-refractivity contribution in [3.8, 4) is 0 Å². The van der Waals surface area contributed by atoms with Gasteiger partial charge in [0.05, 0.1) is 0 Å². The van der Waals surface area contributed by atoms with Gasteiger partial charge in [-0.2, -0.15) is 0 Å². The van der Waals surface area contributed by atoms with Gasteiger partial charge < -0.3 is 10.7 Å². The average Bonchev–Trinajstić information content (AvgIpc) is 2.61. The predicted molar refractivity (Wildman–Crippen MR) is 68.0 cm³/mol. The average molecular weight is 267 g/mol. The summed E-state index contributed by atoms with van der Waals surface area (Å²) in [5.74, 6) is 0. The van der Waals surface area contributed by atoms with Crippen LogP contribution in [0.3, 0.4) is 0 Å². The van der Waals surface area contributed by atoms with Crippen LogP contribution in [0.25, 0.3) is 10.9 Å². The standard InChI is InChI=1S/C12H15BrN2/c13-11-8-15-12-7-9(3-1-2-6-14)4-5-10(11)12/h4-5,7-8,15H,1-3,6,14H2. The SMILES string of the molecule is NCCCCc1ccc2c(Br)c[nH]c2c1. The molecule has 1 aromatic carbocycles. The summed E-state index contributed by atoms with van der Waals surface area (Å²) in [4.78, 5) is 3.25. The quantitative estimate of drug-likeness (QED) is 0.820. The molecule has 1 heterocycles. The van der Waals surface area contributed by atoms with Crippen LogP contribution in [-0.2, 0) is 6.42 Å². The molecule has 0 spiro atoms. The molecule has 0 fully saturated rings. The van der Waals surface area contributed by atoms with Crippen molar-refractivity contribution in [3.05, 3.63) is 34.4 Å². The van der Waals surface area contributed by atoms with Crippen LogP contribution in [-0.4, -0.2) is 11.5 Å². The van der Waals surface area contributed by atoms with Crippen molar-refractivity contribution in [2.24, 2.45) is 5.73 Å². The molecule has 3 N–H and O–H groups in total. The first-order valence-corrected chi connectivity index (χ1v) is 6.06. The third kappa shape index (κ3) is 2.41. The Morgan fingerprint density at radius 2 is 2.13 bits per heavy atom. The summed E-state index contributed by atoms with van der Waals surface area (Å²) in [5, 5.41) is 1.25. The fraction of sp³-hybridized carbons (Fsp3) is 0.333. The van der Waals surface area contributed by atoms with Crippen molar-refractivity contribution in [1.82, 2.24) is 4.98 Å². The lowest BCUT2D eigenvalue weighted by molar-refractivity contribution is 0.745. The molecule has 1 aromatic heterocycles. The molecule has 0 aliphatic rings. The van der Waals surface area contributed by atoms with E-state index in [9.17, 15) is 0 Å². The van der Waals surface area contributed by atoms with Crippen molar-refractivity contribution in [2.75, 3.05) is 6.54 Å². The number of rotatable bonds is 4. The van der Waals surface area contributed by atoms with Crippen molar-refractivity contribution in [1.29, 1.82) is 0 Å². The number of benzene rings is 1. The van der Waals surface area contributed by atoms with Gasteiger partial charge in [0, 0.05) is 21.6 Å². The number of fused-ring (bicyclic) bond motifs is 1. The van der Waals surface area contributed by atoms with Gasteiger partial charge in [0.1, 0.15) is 0 Å². The highest BCUT2D eigenvalue weighted by atomic mass is 79.9. The van der Waals surface area contributed by atoms with Gasteiger partial charge in [0.2, 0.25) is 0 Å². The Hall–Kier alpha value is -0.800. The molecular weight excluding hydrogens is 252 g/mol. The first-order valence-electron chi connectivity index (χ1n) is 5.27. The number of aryl methyl sites for hydroxylation is 1. The molecule has 0 saturated carbocycles. The Morgan fingerprint density at radius 1 is 1.27 bits per heavy atom. The van der Waals surface area contributed by atoms with Crippen LogP contribution in [0.2, 0.25) is 0 Å². The summed E-state index contributed by atoms with van der Waals surface area (Å²) >= 11 is 3.51. The van der Waals surface area contributed by atoms with Gasteiger partial charge in [0.25, 0.3) is 0 Å². The second-order valence-electron chi connectivity index (χ2n) is 3.76. The zero-order valence-electron chi connectivity index (χ0n) is 8.59. The molecule has 0 saturated heterocycles. The normalized spacial score (nSPS) is 11.1. The van der Waals surface area contributed by atoms with E-state index in [4.69, 9.17) is 5.73 Å². The van der Waals surface area contributed by atoms with Gasteiger partial charge in [0.15, 0.2) is 0 Å². The van der Waals surface area contributed by atoms with Gasteiger partial charge in [-0.15, -0.1) is 0 Å². The smallest absolute Gasteiger partial charge is 0.0468 e. The van der Waals surface area contributed by atoms with Crippen LogP contribution in [0.15, 0.2) is 28.9 Å². The van der Waals surface area contributed by atoms with Crippen LogP contribution in [0.1, 0.15) is 18.4 Å². The van der Waals surface area contributed by atoms with Crippen LogP contribution in [0.4, 0.5) is 0 Å². The molecule has 0 bridgehead atoms.